The molecule has 0 radical (unpaired) electrons. The number of para-hydroxylation sites is 1. The number of benzene rings is 1. The van der Waals surface area contributed by atoms with Gasteiger partial charge in [0.25, 0.3) is 11.8 Å². The molecule has 2 aromatic rings. The molecule has 166 valence electrons. The number of carbonyl (C=O) groups excluding carboxylic acids is 2. The number of anilines is 2. The molecule has 1 aromatic carbocycles. The number of amides is 2. The van der Waals surface area contributed by atoms with Crippen molar-refractivity contribution in [2.75, 3.05) is 56.6 Å². The van der Waals surface area contributed by atoms with Crippen LogP contribution in [0.3, 0.4) is 0 Å². The summed E-state index contributed by atoms with van der Waals surface area (Å²) in [7, 11) is 0. The molecule has 1 saturated heterocycles. The van der Waals surface area contributed by atoms with Crippen LogP contribution in [0.1, 0.15) is 27.2 Å². The highest BCUT2D eigenvalue weighted by Crippen LogP contribution is 2.39. The number of fused-ring (bicyclic) bond motifs is 1. The third-order valence-corrected chi connectivity index (χ3v) is 7.29. The first-order valence-corrected chi connectivity index (χ1v) is 12.0. The molecule has 1 aliphatic carbocycles. The standard InChI is InChI=1S/C22H27ClN4O3S/c23-16-5-1-2-6-17(16)25-21(29)20-15-4-3-7-18(15)31-22(20)26-19(28)14-24-8-9-27-10-12-30-13-11-27/h1-2,5-6,24H,3-4,7-14H2,(H,25,29)(H,26,28)/p+2. The lowest BCUT2D eigenvalue weighted by Gasteiger charge is -2.22. The van der Waals surface area contributed by atoms with E-state index in [0.717, 1.165) is 64.2 Å². The zero-order valence-corrected chi connectivity index (χ0v) is 19.0. The Hall–Kier alpha value is -1.97. The minimum atomic E-state index is -0.220. The number of aryl methyl sites for hydroxylation is 1. The van der Waals surface area contributed by atoms with Crippen molar-refractivity contribution in [1.82, 2.24) is 0 Å². The lowest BCUT2D eigenvalue weighted by molar-refractivity contribution is -0.919. The van der Waals surface area contributed by atoms with Crippen LogP contribution in [0, 0.1) is 0 Å². The Labute approximate surface area is 191 Å². The van der Waals surface area contributed by atoms with Crippen LogP contribution >= 0.6 is 22.9 Å². The summed E-state index contributed by atoms with van der Waals surface area (Å²) in [5.41, 5.74) is 2.22. The van der Waals surface area contributed by atoms with E-state index in [1.807, 2.05) is 17.4 Å². The first kappa shape index (κ1) is 22.2. The van der Waals surface area contributed by atoms with Crippen molar-refractivity contribution in [3.05, 3.63) is 45.3 Å². The Morgan fingerprint density at radius 1 is 1.16 bits per heavy atom. The number of halogens is 1. The quantitative estimate of drug-likeness (QED) is 0.430. The maximum Gasteiger partial charge on any atom is 0.280 e. The van der Waals surface area contributed by atoms with E-state index in [4.69, 9.17) is 16.3 Å². The lowest BCUT2D eigenvalue weighted by Crippen LogP contribution is -3.16. The van der Waals surface area contributed by atoms with E-state index in [2.05, 4.69) is 10.6 Å². The van der Waals surface area contributed by atoms with Gasteiger partial charge < -0.3 is 25.6 Å². The van der Waals surface area contributed by atoms with Crippen molar-refractivity contribution in [1.29, 1.82) is 0 Å². The predicted octanol–water partition coefficient (Wildman–Crippen LogP) is 0.560. The van der Waals surface area contributed by atoms with E-state index in [-0.39, 0.29) is 11.8 Å². The van der Waals surface area contributed by atoms with E-state index in [1.54, 1.807) is 12.1 Å². The van der Waals surface area contributed by atoms with Crippen LogP contribution in [0.5, 0.6) is 0 Å². The number of rotatable bonds is 8. The molecule has 0 saturated carbocycles. The van der Waals surface area contributed by atoms with Gasteiger partial charge in [-0.2, -0.15) is 0 Å². The van der Waals surface area contributed by atoms with Crippen LogP contribution in [0.2, 0.25) is 5.02 Å². The van der Waals surface area contributed by atoms with Crippen LogP contribution in [0.15, 0.2) is 24.3 Å². The molecule has 1 aromatic heterocycles. The minimum absolute atomic E-state index is 0.0799. The highest BCUT2D eigenvalue weighted by Gasteiger charge is 2.28. The van der Waals surface area contributed by atoms with Crippen molar-refractivity contribution in [3.8, 4) is 0 Å². The summed E-state index contributed by atoms with van der Waals surface area (Å²) in [6.07, 6.45) is 2.86. The van der Waals surface area contributed by atoms with Gasteiger partial charge in [0.2, 0.25) is 0 Å². The third-order valence-electron chi connectivity index (χ3n) is 5.76. The van der Waals surface area contributed by atoms with E-state index in [9.17, 15) is 9.59 Å². The molecule has 1 fully saturated rings. The fraction of sp³-hybridized carbons (Fsp3) is 0.455. The highest BCUT2D eigenvalue weighted by atomic mass is 35.5. The van der Waals surface area contributed by atoms with Gasteiger partial charge in [0, 0.05) is 4.88 Å². The van der Waals surface area contributed by atoms with Crippen LogP contribution < -0.4 is 20.9 Å². The van der Waals surface area contributed by atoms with Gasteiger partial charge in [0.1, 0.15) is 31.2 Å². The Morgan fingerprint density at radius 2 is 1.97 bits per heavy atom. The molecular formula is C22H29ClN4O3S+2. The molecule has 0 unspecified atom stereocenters. The fourth-order valence-corrected chi connectivity index (χ4v) is 5.59. The summed E-state index contributed by atoms with van der Waals surface area (Å²) < 4.78 is 5.38. The number of nitrogens with two attached hydrogens (primary N) is 1. The fourth-order valence-electron chi connectivity index (χ4n) is 4.11. The van der Waals surface area contributed by atoms with Gasteiger partial charge in [-0.1, -0.05) is 23.7 Å². The molecule has 0 atom stereocenters. The van der Waals surface area contributed by atoms with Crippen LogP contribution in [-0.2, 0) is 22.4 Å². The van der Waals surface area contributed by atoms with Gasteiger partial charge in [0.15, 0.2) is 6.54 Å². The van der Waals surface area contributed by atoms with E-state index in [0.29, 0.717) is 27.8 Å². The largest absolute Gasteiger partial charge is 0.370 e. The molecular weight excluding hydrogens is 436 g/mol. The summed E-state index contributed by atoms with van der Waals surface area (Å²) in [4.78, 5) is 28.4. The monoisotopic (exact) mass is 464 g/mol. The average molecular weight is 465 g/mol. The molecule has 2 amide bonds. The predicted molar refractivity (Wildman–Crippen MR) is 122 cm³/mol. The van der Waals surface area contributed by atoms with Crippen molar-refractivity contribution < 1.29 is 24.5 Å². The second-order valence-corrected chi connectivity index (χ2v) is 9.45. The van der Waals surface area contributed by atoms with Gasteiger partial charge >= 0.3 is 0 Å². The molecule has 9 heteroatoms. The van der Waals surface area contributed by atoms with Gasteiger partial charge in [-0.05, 0) is 37.0 Å². The number of carbonyl (C=O) groups is 2. The number of quaternary nitrogens is 2. The summed E-state index contributed by atoms with van der Waals surface area (Å²) >= 11 is 7.73. The van der Waals surface area contributed by atoms with E-state index >= 15 is 0 Å². The van der Waals surface area contributed by atoms with Crippen LogP contribution in [0.25, 0.3) is 0 Å². The Balaban J connectivity index is 1.36. The molecule has 5 N–H and O–H groups in total. The molecule has 0 bridgehead atoms. The number of hydrogen-bond donors (Lipinski definition) is 4. The number of thiophene rings is 1. The Kier molecular flexibility index (Phi) is 7.58. The molecule has 0 spiro atoms. The summed E-state index contributed by atoms with van der Waals surface area (Å²) in [6, 6.07) is 7.17. The minimum Gasteiger partial charge on any atom is -0.370 e. The molecule has 2 heterocycles. The Bertz CT molecular complexity index is 943. The van der Waals surface area contributed by atoms with Crippen LogP contribution in [0.4, 0.5) is 10.7 Å². The number of ether oxygens (including phenoxy) is 1. The van der Waals surface area contributed by atoms with Crippen molar-refractivity contribution in [2.24, 2.45) is 0 Å². The smallest absolute Gasteiger partial charge is 0.280 e. The van der Waals surface area contributed by atoms with Crippen molar-refractivity contribution in [3.63, 3.8) is 0 Å². The van der Waals surface area contributed by atoms with Gasteiger partial charge in [-0.25, -0.2) is 0 Å². The first-order chi connectivity index (χ1) is 15.1. The van der Waals surface area contributed by atoms with Crippen LogP contribution in [-0.4, -0.2) is 57.8 Å². The van der Waals surface area contributed by atoms with E-state index in [1.165, 1.54) is 21.1 Å². The maximum atomic E-state index is 13.1. The summed E-state index contributed by atoms with van der Waals surface area (Å²) in [5.74, 6) is -0.300. The molecule has 1 aliphatic heterocycles. The van der Waals surface area contributed by atoms with Gasteiger partial charge in [-0.3, -0.25) is 9.59 Å². The second kappa shape index (κ2) is 10.6. The van der Waals surface area contributed by atoms with Crippen molar-refractivity contribution in [2.45, 2.75) is 19.3 Å². The molecule has 7 nitrogen and oxygen atoms in total. The number of morpholine rings is 1. The second-order valence-electron chi connectivity index (χ2n) is 7.94. The SMILES string of the molecule is O=C(C[NH2+]CC[NH+]1CCOCC1)Nc1sc2c(c1C(=O)Nc1ccccc1Cl)CCC2. The third kappa shape index (κ3) is 5.64. The number of hydrogen-bond acceptors (Lipinski definition) is 4. The molecule has 31 heavy (non-hydrogen) atoms. The zero-order chi connectivity index (χ0) is 21.6. The average Bonchev–Trinajstić information content (AvgIpc) is 3.34. The number of nitrogens with one attached hydrogen (secondary N) is 3. The maximum absolute atomic E-state index is 13.1. The van der Waals surface area contributed by atoms with E-state index < -0.39 is 0 Å². The van der Waals surface area contributed by atoms with Gasteiger partial charge in [0.05, 0.1) is 29.5 Å². The van der Waals surface area contributed by atoms with Gasteiger partial charge in [-0.15, -0.1) is 11.3 Å². The molecule has 2 aliphatic rings. The lowest BCUT2D eigenvalue weighted by atomic mass is 10.1. The first-order valence-electron chi connectivity index (χ1n) is 10.8. The Morgan fingerprint density at radius 3 is 2.77 bits per heavy atom. The normalized spacial score (nSPS) is 16.2. The topological polar surface area (TPSA) is 88.5 Å². The van der Waals surface area contributed by atoms with Crippen molar-refractivity contribution >= 4 is 45.4 Å². The highest BCUT2D eigenvalue weighted by molar-refractivity contribution is 7.17. The summed E-state index contributed by atoms with van der Waals surface area (Å²) in [5, 5.41) is 9.06. The summed E-state index contributed by atoms with van der Waals surface area (Å²) in [6.45, 7) is 5.96. The molecule has 4 rings (SSSR count). The zero-order valence-electron chi connectivity index (χ0n) is 17.5.